The van der Waals surface area contributed by atoms with Crippen LogP contribution >= 0.6 is 0 Å². The van der Waals surface area contributed by atoms with Gasteiger partial charge in [0.15, 0.2) is 23.0 Å². The molecule has 8 nitrogen and oxygen atoms in total. The monoisotopic (exact) mass is 840 g/mol. The second-order valence-electron chi connectivity index (χ2n) is 21.2. The molecule has 4 aliphatic rings. The fourth-order valence-electron chi connectivity index (χ4n) is 10.5. The van der Waals surface area contributed by atoms with Gasteiger partial charge in [-0.1, -0.05) is 74.4 Å². The summed E-state index contributed by atoms with van der Waals surface area (Å²) in [5.41, 5.74) is 16.8. The number of rotatable bonds is 2. The first-order valence-corrected chi connectivity index (χ1v) is 22.5. The van der Waals surface area contributed by atoms with E-state index in [-0.39, 0.29) is 23.0 Å². The summed E-state index contributed by atoms with van der Waals surface area (Å²) < 4.78 is 39.9. The fraction of sp³-hybridized carbons (Fsp3) is 0.370. The average Bonchev–Trinajstić information content (AvgIpc) is 3.79. The third-order valence-electron chi connectivity index (χ3n) is 13.8. The van der Waals surface area contributed by atoms with Crippen LogP contribution in [-0.4, -0.2) is 33.1 Å². The molecule has 0 saturated carbocycles. The van der Waals surface area contributed by atoms with E-state index in [9.17, 15) is 0 Å². The third-order valence-corrected chi connectivity index (χ3v) is 13.8. The van der Waals surface area contributed by atoms with Gasteiger partial charge in [0.2, 0.25) is 11.8 Å². The Labute approximate surface area is 371 Å². The molecule has 0 unspecified atom stereocenters. The first kappa shape index (κ1) is 39.9. The SMILES string of the molecule is Cc1cc2c(c(C)c1N1c3cc(C(C)(C)C)cc4c3B(c3c1oc1ccc(C(C)(C)C)cc31)c1c(oc3ccc(C(C)(C)C)cc13)N4c1c(C)cc3c(c1C)OCCO3)OCCO2. The maximum absolute atomic E-state index is 7.33. The van der Waals surface area contributed by atoms with Crippen molar-refractivity contribution in [1.82, 2.24) is 0 Å². The molecule has 0 amide bonds. The van der Waals surface area contributed by atoms with E-state index in [4.69, 9.17) is 27.8 Å². The minimum absolute atomic E-state index is 0.0911. The lowest BCUT2D eigenvalue weighted by molar-refractivity contribution is 0.170. The van der Waals surface area contributed by atoms with Gasteiger partial charge in [-0.3, -0.25) is 9.80 Å². The van der Waals surface area contributed by atoms with Gasteiger partial charge in [0.05, 0.1) is 11.4 Å². The summed E-state index contributed by atoms with van der Waals surface area (Å²) in [5.74, 6) is 4.72. The van der Waals surface area contributed by atoms with Crippen LogP contribution in [0.25, 0.3) is 21.9 Å². The van der Waals surface area contributed by atoms with E-state index in [1.54, 1.807) is 0 Å². The predicted octanol–water partition coefficient (Wildman–Crippen LogP) is 11.9. The van der Waals surface area contributed by atoms with Crippen LogP contribution in [0, 0.1) is 27.7 Å². The molecule has 0 saturated heterocycles. The maximum atomic E-state index is 7.33. The van der Waals surface area contributed by atoms with E-state index in [2.05, 4.69) is 160 Å². The van der Waals surface area contributed by atoms with Crippen molar-refractivity contribution in [3.05, 3.63) is 99.6 Å². The fourth-order valence-corrected chi connectivity index (χ4v) is 10.5. The molecule has 5 aromatic carbocycles. The van der Waals surface area contributed by atoms with Crippen molar-refractivity contribution in [2.24, 2.45) is 0 Å². The van der Waals surface area contributed by atoms with Crippen LogP contribution in [0.5, 0.6) is 23.0 Å². The number of hydrogen-bond donors (Lipinski definition) is 0. The first-order valence-electron chi connectivity index (χ1n) is 22.5. The summed E-state index contributed by atoms with van der Waals surface area (Å²) in [6.45, 7) is 31.0. The number of fused-ring (bicyclic) bond motifs is 10. The summed E-state index contributed by atoms with van der Waals surface area (Å²) in [6.07, 6.45) is 0. The average molecular weight is 841 g/mol. The van der Waals surface area contributed by atoms with Gasteiger partial charge < -0.3 is 27.8 Å². The molecule has 0 fully saturated rings. The Morgan fingerprint density at radius 3 is 1.25 bits per heavy atom. The van der Waals surface area contributed by atoms with Crippen LogP contribution in [0.4, 0.5) is 34.5 Å². The Bertz CT molecular complexity index is 2900. The quantitative estimate of drug-likeness (QED) is 0.159. The van der Waals surface area contributed by atoms with Crippen LogP contribution in [0.1, 0.15) is 101 Å². The minimum atomic E-state index is -0.245. The largest absolute Gasteiger partial charge is 0.486 e. The molecule has 7 aromatic rings. The number of hydrogen-bond acceptors (Lipinski definition) is 8. The minimum Gasteiger partial charge on any atom is -0.486 e. The molecule has 9 heteroatoms. The summed E-state index contributed by atoms with van der Waals surface area (Å²) in [5, 5.41) is 2.20. The molecule has 63 heavy (non-hydrogen) atoms. The van der Waals surface area contributed by atoms with Gasteiger partial charge in [-0.2, -0.15) is 0 Å². The molecule has 4 aliphatic heterocycles. The number of furan rings is 2. The van der Waals surface area contributed by atoms with Crippen LogP contribution in [-0.2, 0) is 16.2 Å². The lowest BCUT2D eigenvalue weighted by Crippen LogP contribution is -2.61. The molecule has 0 aliphatic carbocycles. The van der Waals surface area contributed by atoms with Crippen LogP contribution < -0.4 is 45.1 Å². The van der Waals surface area contributed by atoms with E-state index in [0.717, 1.165) is 113 Å². The highest BCUT2D eigenvalue weighted by Gasteiger charge is 2.50. The van der Waals surface area contributed by atoms with Crippen molar-refractivity contribution in [1.29, 1.82) is 0 Å². The van der Waals surface area contributed by atoms with Crippen molar-refractivity contribution in [3.63, 3.8) is 0 Å². The predicted molar refractivity (Wildman–Crippen MR) is 257 cm³/mol. The molecular formula is C54H57BN2O6. The van der Waals surface area contributed by atoms with E-state index in [1.165, 1.54) is 22.2 Å². The van der Waals surface area contributed by atoms with Crippen molar-refractivity contribution >= 4 is 79.6 Å². The second-order valence-corrected chi connectivity index (χ2v) is 21.2. The van der Waals surface area contributed by atoms with Crippen molar-refractivity contribution in [2.45, 2.75) is 106 Å². The van der Waals surface area contributed by atoms with Crippen LogP contribution in [0.15, 0.2) is 69.5 Å². The van der Waals surface area contributed by atoms with Gasteiger partial charge in [-0.15, -0.1) is 0 Å². The zero-order valence-electron chi connectivity index (χ0n) is 39.0. The molecule has 6 heterocycles. The lowest BCUT2D eigenvalue weighted by Gasteiger charge is -2.43. The Kier molecular flexibility index (Phi) is 8.41. The smallest absolute Gasteiger partial charge is 0.262 e. The Balaban J connectivity index is 1.34. The number of ether oxygens (including phenoxy) is 4. The molecule has 11 rings (SSSR count). The highest BCUT2D eigenvalue weighted by atomic mass is 16.6. The number of benzene rings is 5. The van der Waals surface area contributed by atoms with E-state index in [1.807, 2.05) is 0 Å². The number of aryl methyl sites for hydroxylation is 2. The van der Waals surface area contributed by atoms with E-state index >= 15 is 0 Å². The normalized spacial score (nSPS) is 15.5. The highest BCUT2D eigenvalue weighted by Crippen LogP contribution is 2.54. The molecule has 0 radical (unpaired) electrons. The summed E-state index contributed by atoms with van der Waals surface area (Å²) in [7, 11) is 0. The molecular weight excluding hydrogens is 783 g/mol. The van der Waals surface area contributed by atoms with Crippen molar-refractivity contribution in [2.75, 3.05) is 36.2 Å². The van der Waals surface area contributed by atoms with Crippen LogP contribution in [0.3, 0.4) is 0 Å². The molecule has 0 spiro atoms. The lowest BCUT2D eigenvalue weighted by atomic mass is 9.33. The van der Waals surface area contributed by atoms with Gasteiger partial charge >= 0.3 is 0 Å². The van der Waals surface area contributed by atoms with Gasteiger partial charge in [0.1, 0.15) is 37.6 Å². The van der Waals surface area contributed by atoms with Crippen molar-refractivity contribution < 1.29 is 27.8 Å². The zero-order chi connectivity index (χ0) is 44.2. The number of anilines is 6. The Morgan fingerprint density at radius 2 is 0.857 bits per heavy atom. The van der Waals surface area contributed by atoms with Gasteiger partial charge in [-0.05, 0) is 126 Å². The molecule has 2 aromatic heterocycles. The zero-order valence-corrected chi connectivity index (χ0v) is 39.0. The van der Waals surface area contributed by atoms with Gasteiger partial charge in [-0.25, -0.2) is 0 Å². The second kappa shape index (κ2) is 13.3. The maximum Gasteiger partial charge on any atom is 0.262 e. The Morgan fingerprint density at radius 1 is 0.460 bits per heavy atom. The van der Waals surface area contributed by atoms with E-state index < -0.39 is 0 Å². The molecule has 322 valence electrons. The van der Waals surface area contributed by atoms with E-state index in [0.29, 0.717) is 26.4 Å². The van der Waals surface area contributed by atoms with Gasteiger partial charge in [0.25, 0.3) is 6.71 Å². The molecule has 0 atom stereocenters. The van der Waals surface area contributed by atoms with Crippen LogP contribution in [0.2, 0.25) is 0 Å². The number of nitrogens with zero attached hydrogens (tertiary/aromatic N) is 2. The topological polar surface area (TPSA) is 69.7 Å². The third kappa shape index (κ3) is 5.80. The highest BCUT2D eigenvalue weighted by molar-refractivity contribution is 7.02. The summed E-state index contributed by atoms with van der Waals surface area (Å²) in [6, 6.07) is 22.6. The standard InChI is InChI=1S/C54H57BN2O6/c1-28-22-41-48(60-20-18-58-41)30(3)46(28)56-37-26-34(54(11,12)13)27-38-45(37)55(43-35-24-32(52(5,6)7)14-16-39(35)62-50(43)56)44-36-25-33(53(8,9)10)15-17-40(36)63-51(44)57(38)47-29(2)23-42-49(31(47)4)61-21-19-59-42/h14-17,22-27H,18-21H2,1-13H3. The molecule has 0 bridgehead atoms. The summed E-state index contributed by atoms with van der Waals surface area (Å²) in [4.78, 5) is 4.80. The first-order chi connectivity index (χ1) is 29.8. The molecule has 0 N–H and O–H groups in total. The van der Waals surface area contributed by atoms with Crippen molar-refractivity contribution in [3.8, 4) is 23.0 Å². The van der Waals surface area contributed by atoms with Gasteiger partial charge in [0, 0.05) is 44.2 Å². The Hall–Kier alpha value is -5.96. The summed E-state index contributed by atoms with van der Waals surface area (Å²) >= 11 is 0.